The average molecular weight is 576 g/mol. The van der Waals surface area contributed by atoms with E-state index in [1.54, 1.807) is 22.7 Å². The van der Waals surface area contributed by atoms with Gasteiger partial charge in [-0.25, -0.2) is 24.6 Å². The zero-order valence-electron chi connectivity index (χ0n) is 23.8. The highest BCUT2D eigenvalue weighted by molar-refractivity contribution is 8.33. The summed E-state index contributed by atoms with van der Waals surface area (Å²) in [5.74, 6) is 1.58. The van der Waals surface area contributed by atoms with Crippen LogP contribution in [0.4, 0.5) is 0 Å². The maximum atomic E-state index is 14.0. The lowest BCUT2D eigenvalue weighted by molar-refractivity contribution is 0.408. The Kier molecular flexibility index (Phi) is 7.86. The summed E-state index contributed by atoms with van der Waals surface area (Å²) in [6.45, 7) is 9.05. The fourth-order valence-corrected chi connectivity index (χ4v) is 10.1. The first kappa shape index (κ1) is 28.5. The van der Waals surface area contributed by atoms with Gasteiger partial charge in [-0.1, -0.05) is 39.8 Å². The molecule has 0 fully saturated rings. The van der Waals surface area contributed by atoms with Gasteiger partial charge in [-0.05, 0) is 91.5 Å². The summed E-state index contributed by atoms with van der Waals surface area (Å²) < 4.78 is 5.83. The standard InChI is InChI=1S/C30H41NO2S4/c1-18(2)15-22(19(3)4)20-11-13-21(14-12-20)31-29(32)23-16-25(36(5,6)7)34-27(23)28-24(30(31)33)17-26(35-28)37(8,9)10/h11-14,16-19,22H,15H2,1-10H3. The second-order valence-electron chi connectivity index (χ2n) is 12.3. The fourth-order valence-electron chi connectivity index (χ4n) is 4.73. The van der Waals surface area contributed by atoms with Gasteiger partial charge in [-0.3, -0.25) is 9.59 Å². The third-order valence-corrected chi connectivity index (χ3v) is 15.0. The van der Waals surface area contributed by atoms with Crippen molar-refractivity contribution < 1.29 is 0 Å². The molecule has 37 heavy (non-hydrogen) atoms. The van der Waals surface area contributed by atoms with Crippen LogP contribution in [0.1, 0.15) is 45.6 Å². The zero-order valence-corrected chi connectivity index (χ0v) is 27.1. The molecule has 3 aromatic heterocycles. The third kappa shape index (κ3) is 5.61. The molecule has 1 aromatic carbocycles. The first-order chi connectivity index (χ1) is 17.1. The van der Waals surface area contributed by atoms with E-state index in [0.717, 1.165) is 15.8 Å². The van der Waals surface area contributed by atoms with Crippen LogP contribution in [-0.4, -0.2) is 42.1 Å². The molecule has 0 spiro atoms. The Morgan fingerprint density at radius 1 is 0.730 bits per heavy atom. The van der Waals surface area contributed by atoms with E-state index in [1.165, 1.54) is 18.5 Å². The second-order valence-corrected chi connectivity index (χ2v) is 23.2. The summed E-state index contributed by atoms with van der Waals surface area (Å²) in [5.41, 5.74) is 1.49. The van der Waals surface area contributed by atoms with E-state index in [0.29, 0.717) is 34.2 Å². The Bertz CT molecular complexity index is 1470. The van der Waals surface area contributed by atoms with Crippen LogP contribution in [0.25, 0.3) is 25.9 Å². The van der Waals surface area contributed by atoms with E-state index < -0.39 is 20.1 Å². The van der Waals surface area contributed by atoms with Crippen LogP contribution in [0.5, 0.6) is 0 Å². The maximum absolute atomic E-state index is 14.0. The molecular weight excluding hydrogens is 535 g/mol. The number of aromatic nitrogens is 1. The van der Waals surface area contributed by atoms with Gasteiger partial charge in [0.15, 0.2) is 0 Å². The highest BCUT2D eigenvalue weighted by atomic mass is 32.3. The van der Waals surface area contributed by atoms with Crippen molar-refractivity contribution >= 4 is 62.9 Å². The Morgan fingerprint density at radius 3 is 1.51 bits per heavy atom. The normalized spacial score (nSPS) is 14.7. The molecular formula is C30H41NO2S4. The van der Waals surface area contributed by atoms with Crippen LogP contribution in [-0.2, 0) is 0 Å². The fraction of sp³-hybridized carbons (Fsp3) is 0.467. The summed E-state index contributed by atoms with van der Waals surface area (Å²) >= 11 is 3.39. The number of rotatable bonds is 7. The number of fused-ring (bicyclic) bond motifs is 3. The second kappa shape index (κ2) is 10.2. The molecule has 4 rings (SSSR count). The van der Waals surface area contributed by atoms with Gasteiger partial charge in [0, 0.05) is 8.42 Å². The van der Waals surface area contributed by atoms with Crippen molar-refractivity contribution in [2.24, 2.45) is 11.8 Å². The molecule has 0 saturated heterocycles. The quantitative estimate of drug-likeness (QED) is 0.222. The Hall–Kier alpha value is -1.54. The van der Waals surface area contributed by atoms with Crippen LogP contribution in [0, 0.1) is 11.8 Å². The molecule has 7 heteroatoms. The van der Waals surface area contributed by atoms with Crippen LogP contribution < -0.4 is 11.1 Å². The minimum atomic E-state index is -1.01. The SMILES string of the molecule is CC(C)CC(c1ccc(-n2c(=O)c3cc(S(C)(C)C)sc3c3sc(S(C)(C)C)cc3c2=O)cc1)C(C)C. The van der Waals surface area contributed by atoms with Crippen molar-refractivity contribution in [3.05, 3.63) is 62.7 Å². The number of thiophene rings is 2. The lowest BCUT2D eigenvalue weighted by Gasteiger charge is -2.23. The minimum Gasteiger partial charge on any atom is -0.268 e. The molecule has 0 aliphatic carbocycles. The van der Waals surface area contributed by atoms with Gasteiger partial charge in [0.1, 0.15) is 0 Å². The van der Waals surface area contributed by atoms with Crippen molar-refractivity contribution in [3.8, 4) is 5.69 Å². The number of hydrogen-bond donors (Lipinski definition) is 0. The molecule has 202 valence electrons. The Morgan fingerprint density at radius 2 is 1.16 bits per heavy atom. The molecule has 1 atom stereocenters. The molecule has 0 radical (unpaired) electrons. The maximum Gasteiger partial charge on any atom is 0.266 e. The monoisotopic (exact) mass is 575 g/mol. The van der Waals surface area contributed by atoms with Gasteiger partial charge in [-0.2, -0.15) is 0 Å². The predicted octanol–water partition coefficient (Wildman–Crippen LogP) is 8.52. The van der Waals surface area contributed by atoms with Crippen LogP contribution in [0.2, 0.25) is 0 Å². The lowest BCUT2D eigenvalue weighted by Crippen LogP contribution is -2.28. The molecule has 0 N–H and O–H groups in total. The van der Waals surface area contributed by atoms with Crippen molar-refractivity contribution in [2.45, 2.75) is 48.5 Å². The Balaban J connectivity index is 2.03. The van der Waals surface area contributed by atoms with Crippen LogP contribution in [0.15, 0.2) is 54.4 Å². The van der Waals surface area contributed by atoms with Gasteiger partial charge in [0.25, 0.3) is 11.1 Å². The molecule has 1 unspecified atom stereocenters. The highest BCUT2D eigenvalue weighted by Gasteiger charge is 2.23. The van der Waals surface area contributed by atoms with Crippen molar-refractivity contribution in [3.63, 3.8) is 0 Å². The summed E-state index contributed by atoms with van der Waals surface area (Å²) in [7, 11) is -2.03. The van der Waals surface area contributed by atoms with E-state index in [-0.39, 0.29) is 11.1 Å². The van der Waals surface area contributed by atoms with E-state index >= 15 is 0 Å². The van der Waals surface area contributed by atoms with Gasteiger partial charge in [-0.15, -0.1) is 22.7 Å². The topological polar surface area (TPSA) is 39.1 Å². The summed E-state index contributed by atoms with van der Waals surface area (Å²) in [6.07, 6.45) is 14.7. The van der Waals surface area contributed by atoms with Crippen LogP contribution >= 0.6 is 42.7 Å². The summed E-state index contributed by atoms with van der Waals surface area (Å²) in [4.78, 5) is 28.1. The number of nitrogens with zero attached hydrogens (tertiary/aromatic N) is 1. The van der Waals surface area contributed by atoms with E-state index in [1.807, 2.05) is 12.1 Å². The zero-order chi connectivity index (χ0) is 27.4. The largest absolute Gasteiger partial charge is 0.268 e. The van der Waals surface area contributed by atoms with Gasteiger partial charge in [0.05, 0.1) is 25.9 Å². The van der Waals surface area contributed by atoms with Crippen LogP contribution in [0.3, 0.4) is 0 Å². The molecule has 3 nitrogen and oxygen atoms in total. The minimum absolute atomic E-state index is 0.213. The highest BCUT2D eigenvalue weighted by Crippen LogP contribution is 2.54. The first-order valence-electron chi connectivity index (χ1n) is 12.7. The molecule has 0 amide bonds. The van der Waals surface area contributed by atoms with Gasteiger partial charge >= 0.3 is 0 Å². The molecule has 3 heterocycles. The van der Waals surface area contributed by atoms with E-state index in [9.17, 15) is 9.59 Å². The predicted molar refractivity (Wildman–Crippen MR) is 173 cm³/mol. The van der Waals surface area contributed by atoms with Crippen molar-refractivity contribution in [1.82, 2.24) is 4.57 Å². The van der Waals surface area contributed by atoms with E-state index in [4.69, 9.17) is 0 Å². The van der Waals surface area contributed by atoms with Crippen molar-refractivity contribution in [2.75, 3.05) is 37.5 Å². The average Bonchev–Trinajstić information content (AvgIpc) is 3.41. The summed E-state index contributed by atoms with van der Waals surface area (Å²) in [5, 5.41) is 1.33. The molecule has 0 bridgehead atoms. The third-order valence-electron chi connectivity index (χ3n) is 6.81. The smallest absolute Gasteiger partial charge is 0.266 e. The lowest BCUT2D eigenvalue weighted by atomic mass is 9.82. The Labute approximate surface area is 232 Å². The van der Waals surface area contributed by atoms with Crippen molar-refractivity contribution in [1.29, 1.82) is 0 Å². The number of benzene rings is 1. The molecule has 4 aromatic rings. The van der Waals surface area contributed by atoms with E-state index in [2.05, 4.69) is 89.5 Å². The first-order valence-corrected chi connectivity index (χ1v) is 20.1. The summed E-state index contributed by atoms with van der Waals surface area (Å²) in [6, 6.07) is 12.3. The molecule has 0 aliphatic rings. The molecule has 0 aliphatic heterocycles. The van der Waals surface area contributed by atoms with Gasteiger partial charge in [0.2, 0.25) is 0 Å². The van der Waals surface area contributed by atoms with Gasteiger partial charge < -0.3 is 0 Å². The number of hydrogen-bond acceptors (Lipinski definition) is 4. The molecule has 0 saturated carbocycles.